The topological polar surface area (TPSA) is 29.5 Å². The average molecular weight is 195 g/mol. The molecule has 0 N–H and O–H groups in total. The van der Waals surface area contributed by atoms with Gasteiger partial charge in [0.2, 0.25) is 0 Å². The highest BCUT2D eigenvalue weighted by Crippen LogP contribution is 2.25. The molecule has 14 heavy (non-hydrogen) atoms. The van der Waals surface area contributed by atoms with Crippen molar-refractivity contribution in [2.45, 2.75) is 32.3 Å². The van der Waals surface area contributed by atoms with Gasteiger partial charge in [0.05, 0.1) is 12.2 Å². The summed E-state index contributed by atoms with van der Waals surface area (Å²) < 4.78 is 5.63. The molecule has 1 aliphatic heterocycles. The van der Waals surface area contributed by atoms with Gasteiger partial charge in [0.25, 0.3) is 0 Å². The van der Waals surface area contributed by atoms with Crippen molar-refractivity contribution in [3.8, 4) is 0 Å². The summed E-state index contributed by atoms with van der Waals surface area (Å²) in [4.78, 5) is 13.4. The molecule has 0 atom stereocenters. The lowest BCUT2D eigenvalue weighted by atomic mass is 10.1. The van der Waals surface area contributed by atoms with E-state index in [4.69, 9.17) is 4.74 Å². The third-order valence-electron chi connectivity index (χ3n) is 2.79. The van der Waals surface area contributed by atoms with Crippen LogP contribution >= 0.6 is 0 Å². The van der Waals surface area contributed by atoms with Gasteiger partial charge in [-0.05, 0) is 20.3 Å². The molecular weight excluding hydrogens is 178 g/mol. The SMILES string of the molecule is CC1(C)CN(C2=CC(=O)CC2)CCO1. The van der Waals surface area contributed by atoms with Crippen molar-refractivity contribution in [3.05, 3.63) is 11.8 Å². The highest BCUT2D eigenvalue weighted by atomic mass is 16.5. The van der Waals surface area contributed by atoms with Crippen LogP contribution in [0.5, 0.6) is 0 Å². The molecule has 0 spiro atoms. The molecule has 0 saturated carbocycles. The van der Waals surface area contributed by atoms with Crippen molar-refractivity contribution in [2.24, 2.45) is 0 Å². The molecule has 0 aromatic rings. The van der Waals surface area contributed by atoms with E-state index in [1.807, 2.05) is 0 Å². The van der Waals surface area contributed by atoms with Crippen molar-refractivity contribution in [2.75, 3.05) is 19.7 Å². The summed E-state index contributed by atoms with van der Waals surface area (Å²) in [7, 11) is 0. The fraction of sp³-hybridized carbons (Fsp3) is 0.727. The minimum absolute atomic E-state index is 0.0786. The zero-order chi connectivity index (χ0) is 10.2. The Morgan fingerprint density at radius 2 is 2.21 bits per heavy atom. The van der Waals surface area contributed by atoms with Gasteiger partial charge in [0.1, 0.15) is 0 Å². The number of allylic oxidation sites excluding steroid dienone is 2. The van der Waals surface area contributed by atoms with Gasteiger partial charge in [-0.2, -0.15) is 0 Å². The van der Waals surface area contributed by atoms with Crippen molar-refractivity contribution in [3.63, 3.8) is 0 Å². The molecule has 2 aliphatic rings. The van der Waals surface area contributed by atoms with E-state index in [0.29, 0.717) is 6.42 Å². The third kappa shape index (κ3) is 1.98. The predicted molar refractivity (Wildman–Crippen MR) is 53.9 cm³/mol. The zero-order valence-electron chi connectivity index (χ0n) is 8.88. The Hall–Kier alpha value is -0.830. The van der Waals surface area contributed by atoms with Gasteiger partial charge in [-0.3, -0.25) is 4.79 Å². The van der Waals surface area contributed by atoms with Crippen LogP contribution in [-0.2, 0) is 9.53 Å². The molecule has 78 valence electrons. The molecule has 1 fully saturated rings. The predicted octanol–water partition coefficient (Wildman–Crippen LogP) is 1.34. The summed E-state index contributed by atoms with van der Waals surface area (Å²) in [6.07, 6.45) is 3.39. The molecule has 1 heterocycles. The number of hydrogen-bond acceptors (Lipinski definition) is 3. The maximum atomic E-state index is 11.1. The van der Waals surface area contributed by atoms with Gasteiger partial charge < -0.3 is 9.64 Å². The van der Waals surface area contributed by atoms with Crippen LogP contribution in [0.2, 0.25) is 0 Å². The molecule has 0 radical (unpaired) electrons. The summed E-state index contributed by atoms with van der Waals surface area (Å²) in [5.41, 5.74) is 1.12. The number of hydrogen-bond donors (Lipinski definition) is 0. The van der Waals surface area contributed by atoms with Gasteiger partial charge in [-0.1, -0.05) is 0 Å². The molecule has 2 rings (SSSR count). The lowest BCUT2D eigenvalue weighted by Gasteiger charge is -2.40. The van der Waals surface area contributed by atoms with Crippen molar-refractivity contribution in [1.82, 2.24) is 4.90 Å². The number of nitrogens with zero attached hydrogens (tertiary/aromatic N) is 1. The molecule has 3 nitrogen and oxygen atoms in total. The second-order valence-corrected chi connectivity index (χ2v) is 4.63. The van der Waals surface area contributed by atoms with Crippen LogP contribution in [-0.4, -0.2) is 36.0 Å². The Morgan fingerprint density at radius 3 is 2.79 bits per heavy atom. The molecule has 0 unspecified atom stereocenters. The van der Waals surface area contributed by atoms with E-state index in [1.165, 1.54) is 5.70 Å². The largest absolute Gasteiger partial charge is 0.372 e. The maximum absolute atomic E-state index is 11.1. The van der Waals surface area contributed by atoms with E-state index in [-0.39, 0.29) is 11.4 Å². The molecule has 0 amide bonds. The zero-order valence-corrected chi connectivity index (χ0v) is 8.88. The first kappa shape index (κ1) is 9.71. The highest BCUT2D eigenvalue weighted by molar-refractivity contribution is 5.92. The number of rotatable bonds is 1. The standard InChI is InChI=1S/C11H17NO2/c1-11(2)8-12(5-6-14-11)9-3-4-10(13)7-9/h7H,3-6,8H2,1-2H3. The number of morpholine rings is 1. The molecule has 0 aromatic heterocycles. The summed E-state index contributed by atoms with van der Waals surface area (Å²) in [5.74, 6) is 0.268. The van der Waals surface area contributed by atoms with Crippen LogP contribution in [0.1, 0.15) is 26.7 Å². The number of carbonyl (C=O) groups is 1. The quantitative estimate of drug-likeness (QED) is 0.632. The lowest BCUT2D eigenvalue weighted by molar-refractivity contribution is -0.114. The second-order valence-electron chi connectivity index (χ2n) is 4.63. The Labute approximate surface area is 84.7 Å². The van der Waals surface area contributed by atoms with Gasteiger partial charge >= 0.3 is 0 Å². The smallest absolute Gasteiger partial charge is 0.157 e. The Kier molecular flexibility index (Phi) is 2.35. The van der Waals surface area contributed by atoms with E-state index >= 15 is 0 Å². The number of ether oxygens (including phenoxy) is 1. The van der Waals surface area contributed by atoms with E-state index in [1.54, 1.807) is 6.08 Å². The van der Waals surface area contributed by atoms with Gasteiger partial charge in [0.15, 0.2) is 5.78 Å². The minimum atomic E-state index is -0.0786. The molecule has 0 bridgehead atoms. The minimum Gasteiger partial charge on any atom is -0.372 e. The summed E-state index contributed by atoms with van der Waals surface area (Å²) >= 11 is 0. The molecule has 0 aromatic carbocycles. The van der Waals surface area contributed by atoms with Crippen LogP contribution in [0.3, 0.4) is 0 Å². The first-order valence-corrected chi connectivity index (χ1v) is 5.19. The Balaban J connectivity index is 2.05. The van der Waals surface area contributed by atoms with E-state index in [2.05, 4.69) is 18.7 Å². The fourth-order valence-corrected chi connectivity index (χ4v) is 2.09. The first-order valence-electron chi connectivity index (χ1n) is 5.19. The molecule has 1 aliphatic carbocycles. The van der Waals surface area contributed by atoms with Crippen LogP contribution in [0, 0.1) is 0 Å². The van der Waals surface area contributed by atoms with Gasteiger partial charge in [-0.15, -0.1) is 0 Å². The van der Waals surface area contributed by atoms with Crippen molar-refractivity contribution in [1.29, 1.82) is 0 Å². The van der Waals surface area contributed by atoms with E-state index < -0.39 is 0 Å². The summed E-state index contributed by atoms with van der Waals surface area (Å²) in [6, 6.07) is 0. The normalized spacial score (nSPS) is 26.6. The number of carbonyl (C=O) groups excluding carboxylic acids is 1. The van der Waals surface area contributed by atoms with E-state index in [0.717, 1.165) is 26.1 Å². The van der Waals surface area contributed by atoms with Crippen LogP contribution < -0.4 is 0 Å². The number of ketones is 1. The Morgan fingerprint density at radius 1 is 1.43 bits per heavy atom. The highest BCUT2D eigenvalue weighted by Gasteiger charge is 2.29. The average Bonchev–Trinajstić information content (AvgIpc) is 2.50. The van der Waals surface area contributed by atoms with Crippen LogP contribution in [0.15, 0.2) is 11.8 Å². The second kappa shape index (κ2) is 3.39. The fourth-order valence-electron chi connectivity index (χ4n) is 2.09. The third-order valence-corrected chi connectivity index (χ3v) is 2.79. The maximum Gasteiger partial charge on any atom is 0.157 e. The summed E-state index contributed by atoms with van der Waals surface area (Å²) in [6.45, 7) is 6.76. The first-order chi connectivity index (χ1) is 6.57. The summed E-state index contributed by atoms with van der Waals surface area (Å²) in [5, 5.41) is 0. The van der Waals surface area contributed by atoms with E-state index in [9.17, 15) is 4.79 Å². The molecule has 3 heteroatoms. The van der Waals surface area contributed by atoms with Crippen molar-refractivity contribution >= 4 is 5.78 Å². The monoisotopic (exact) mass is 195 g/mol. The van der Waals surface area contributed by atoms with Gasteiger partial charge in [-0.25, -0.2) is 0 Å². The van der Waals surface area contributed by atoms with Crippen LogP contribution in [0.4, 0.5) is 0 Å². The van der Waals surface area contributed by atoms with Crippen molar-refractivity contribution < 1.29 is 9.53 Å². The van der Waals surface area contributed by atoms with Crippen LogP contribution in [0.25, 0.3) is 0 Å². The molecular formula is C11H17NO2. The Bertz CT molecular complexity index is 281. The lowest BCUT2D eigenvalue weighted by Crippen LogP contribution is -2.47. The van der Waals surface area contributed by atoms with Gasteiger partial charge in [0, 0.05) is 31.3 Å². The molecule has 1 saturated heterocycles.